The van der Waals surface area contributed by atoms with Crippen LogP contribution >= 0.6 is 0 Å². The molecule has 10 heteroatoms. The molecule has 0 radical (unpaired) electrons. The molecule has 132 valence electrons. The minimum atomic E-state index is -0.598. The maximum absolute atomic E-state index is 12.4. The third-order valence-electron chi connectivity index (χ3n) is 3.58. The number of aromatic nitrogens is 4. The van der Waals surface area contributed by atoms with Gasteiger partial charge in [0.2, 0.25) is 0 Å². The molecule has 1 aromatic carbocycles. The molecule has 0 fully saturated rings. The molecule has 2 heterocycles. The first kappa shape index (κ1) is 17.0. The molecule has 0 aliphatic heterocycles. The summed E-state index contributed by atoms with van der Waals surface area (Å²) in [6, 6.07) is 7.55. The summed E-state index contributed by atoms with van der Waals surface area (Å²) in [5.41, 5.74) is 0.600. The lowest BCUT2D eigenvalue weighted by molar-refractivity contribution is -0.385. The summed E-state index contributed by atoms with van der Waals surface area (Å²) in [5.74, 6) is 0.169. The van der Waals surface area contributed by atoms with Gasteiger partial charge in [0.25, 0.3) is 5.91 Å². The number of hydrogen-bond acceptors (Lipinski definition) is 7. The van der Waals surface area contributed by atoms with Gasteiger partial charge < -0.3 is 10.1 Å². The van der Waals surface area contributed by atoms with Crippen molar-refractivity contribution in [2.24, 2.45) is 0 Å². The zero-order chi connectivity index (χ0) is 18.5. The van der Waals surface area contributed by atoms with Gasteiger partial charge in [-0.25, -0.2) is 14.6 Å². The Kier molecular flexibility index (Phi) is 4.83. The van der Waals surface area contributed by atoms with Crippen molar-refractivity contribution in [3.8, 4) is 11.6 Å². The number of nitro groups is 1. The van der Waals surface area contributed by atoms with Gasteiger partial charge in [0.05, 0.1) is 12.0 Å². The van der Waals surface area contributed by atoms with Gasteiger partial charge in [-0.15, -0.1) is 0 Å². The molecule has 2 aromatic heterocycles. The van der Waals surface area contributed by atoms with E-state index in [1.165, 1.54) is 42.6 Å². The smallest absolute Gasteiger partial charge is 0.311 e. The number of benzene rings is 1. The number of carbonyl (C=O) groups is 1. The van der Waals surface area contributed by atoms with Crippen molar-refractivity contribution >= 4 is 11.6 Å². The van der Waals surface area contributed by atoms with Crippen molar-refractivity contribution in [1.82, 2.24) is 25.1 Å². The molecule has 0 aliphatic rings. The second kappa shape index (κ2) is 7.38. The zero-order valence-electron chi connectivity index (χ0n) is 13.7. The van der Waals surface area contributed by atoms with E-state index in [1.807, 2.05) is 0 Å². The molecule has 3 rings (SSSR count). The Bertz CT molecular complexity index is 942. The summed E-state index contributed by atoms with van der Waals surface area (Å²) in [5, 5.41) is 17.8. The quantitative estimate of drug-likeness (QED) is 0.525. The number of nitro benzene ring substituents is 1. The topological polar surface area (TPSA) is 125 Å². The molecule has 0 bridgehead atoms. The van der Waals surface area contributed by atoms with E-state index < -0.39 is 10.8 Å². The second-order valence-electron chi connectivity index (χ2n) is 5.15. The van der Waals surface area contributed by atoms with Crippen LogP contribution in [0.2, 0.25) is 0 Å². The average molecular weight is 354 g/mol. The number of nitrogens with one attached hydrogen (secondary N) is 1. The Morgan fingerprint density at radius 3 is 2.92 bits per heavy atom. The summed E-state index contributed by atoms with van der Waals surface area (Å²) in [6.07, 6.45) is 4.49. The highest BCUT2D eigenvalue weighted by Gasteiger charge is 2.18. The molecule has 0 aliphatic carbocycles. The van der Waals surface area contributed by atoms with E-state index in [4.69, 9.17) is 4.74 Å². The van der Waals surface area contributed by atoms with Gasteiger partial charge in [-0.1, -0.05) is 6.07 Å². The van der Waals surface area contributed by atoms with Crippen LogP contribution in [-0.2, 0) is 6.54 Å². The van der Waals surface area contributed by atoms with Crippen LogP contribution in [0.4, 0.5) is 5.69 Å². The van der Waals surface area contributed by atoms with Crippen molar-refractivity contribution in [2.45, 2.75) is 6.54 Å². The van der Waals surface area contributed by atoms with Gasteiger partial charge in [0.15, 0.2) is 11.6 Å². The Morgan fingerprint density at radius 2 is 2.23 bits per heavy atom. The minimum absolute atomic E-state index is 0.0901. The second-order valence-corrected chi connectivity index (χ2v) is 5.15. The molecule has 0 saturated heterocycles. The van der Waals surface area contributed by atoms with Gasteiger partial charge in [0, 0.05) is 29.9 Å². The summed E-state index contributed by atoms with van der Waals surface area (Å²) in [7, 11) is 1.33. The fourth-order valence-corrected chi connectivity index (χ4v) is 2.34. The summed E-state index contributed by atoms with van der Waals surface area (Å²) in [4.78, 5) is 31.0. The highest BCUT2D eigenvalue weighted by atomic mass is 16.6. The van der Waals surface area contributed by atoms with Crippen molar-refractivity contribution in [1.29, 1.82) is 0 Å². The predicted molar refractivity (Wildman–Crippen MR) is 90.0 cm³/mol. The Hall–Kier alpha value is -3.82. The van der Waals surface area contributed by atoms with Gasteiger partial charge >= 0.3 is 5.69 Å². The van der Waals surface area contributed by atoms with Crippen molar-refractivity contribution < 1.29 is 14.5 Å². The predicted octanol–water partition coefficient (Wildman–Crippen LogP) is 1.51. The molecule has 1 amide bonds. The number of rotatable bonds is 6. The molecule has 3 aromatic rings. The van der Waals surface area contributed by atoms with Crippen molar-refractivity contribution in [3.63, 3.8) is 0 Å². The molecule has 0 unspecified atom stereocenters. The molecule has 0 spiro atoms. The van der Waals surface area contributed by atoms with E-state index in [9.17, 15) is 14.9 Å². The van der Waals surface area contributed by atoms with E-state index in [-0.39, 0.29) is 23.5 Å². The first-order valence-corrected chi connectivity index (χ1v) is 7.49. The van der Waals surface area contributed by atoms with Gasteiger partial charge in [0.1, 0.15) is 12.7 Å². The van der Waals surface area contributed by atoms with Gasteiger partial charge in [-0.2, -0.15) is 5.10 Å². The number of ether oxygens (including phenoxy) is 1. The number of nitrogens with zero attached hydrogens (tertiary/aromatic N) is 5. The van der Waals surface area contributed by atoms with Gasteiger partial charge in [-0.05, 0) is 18.2 Å². The van der Waals surface area contributed by atoms with E-state index >= 15 is 0 Å². The number of carbonyl (C=O) groups excluding carboxylic acids is 1. The van der Waals surface area contributed by atoms with E-state index in [0.29, 0.717) is 5.82 Å². The lowest BCUT2D eigenvalue weighted by Crippen LogP contribution is -2.24. The van der Waals surface area contributed by atoms with E-state index in [1.54, 1.807) is 18.3 Å². The number of hydrogen-bond donors (Lipinski definition) is 1. The highest BCUT2D eigenvalue weighted by Crippen LogP contribution is 2.27. The largest absolute Gasteiger partial charge is 0.490 e. The number of amides is 1. The lowest BCUT2D eigenvalue weighted by Gasteiger charge is -2.10. The lowest BCUT2D eigenvalue weighted by atomic mass is 10.1. The maximum Gasteiger partial charge on any atom is 0.311 e. The van der Waals surface area contributed by atoms with Crippen LogP contribution in [0.5, 0.6) is 5.75 Å². The number of methoxy groups -OCH3 is 1. The zero-order valence-corrected chi connectivity index (χ0v) is 13.7. The monoisotopic (exact) mass is 354 g/mol. The Balaban J connectivity index is 1.78. The molecule has 0 saturated carbocycles. The first-order chi connectivity index (χ1) is 12.6. The SMILES string of the molecule is COc1ccc(C(=O)NCc2cccnc2-n2cncn2)cc1[N+](=O)[O-]. The summed E-state index contributed by atoms with van der Waals surface area (Å²) < 4.78 is 6.42. The molecule has 26 heavy (non-hydrogen) atoms. The Labute approximate surface area is 147 Å². The molecular formula is C16H14N6O4. The summed E-state index contributed by atoms with van der Waals surface area (Å²) in [6.45, 7) is 0.168. The standard InChI is InChI=1S/C16H14N6O4/c1-26-14-5-4-11(7-13(14)22(24)25)16(23)19-8-12-3-2-6-18-15(12)21-10-17-9-20-21/h2-7,9-10H,8H2,1H3,(H,19,23). The molecule has 1 N–H and O–H groups in total. The van der Waals surface area contributed by atoms with Crippen LogP contribution in [0.1, 0.15) is 15.9 Å². The van der Waals surface area contributed by atoms with Crippen LogP contribution < -0.4 is 10.1 Å². The molecule has 0 atom stereocenters. The highest BCUT2D eigenvalue weighted by molar-refractivity contribution is 5.95. The van der Waals surface area contributed by atoms with E-state index in [2.05, 4.69) is 20.4 Å². The van der Waals surface area contributed by atoms with Gasteiger partial charge in [-0.3, -0.25) is 14.9 Å². The van der Waals surface area contributed by atoms with Crippen LogP contribution in [-0.4, -0.2) is 37.7 Å². The fraction of sp³-hybridized carbons (Fsp3) is 0.125. The first-order valence-electron chi connectivity index (χ1n) is 7.49. The summed E-state index contributed by atoms with van der Waals surface area (Å²) >= 11 is 0. The average Bonchev–Trinajstić information content (AvgIpc) is 3.20. The van der Waals surface area contributed by atoms with Crippen LogP contribution in [0.3, 0.4) is 0 Å². The normalized spacial score (nSPS) is 10.3. The van der Waals surface area contributed by atoms with Crippen LogP contribution in [0.25, 0.3) is 5.82 Å². The van der Waals surface area contributed by atoms with E-state index in [0.717, 1.165) is 5.56 Å². The maximum atomic E-state index is 12.4. The van der Waals surface area contributed by atoms with Crippen molar-refractivity contribution in [3.05, 3.63) is 70.4 Å². The fourth-order valence-electron chi connectivity index (χ4n) is 2.34. The third kappa shape index (κ3) is 3.48. The minimum Gasteiger partial charge on any atom is -0.490 e. The van der Waals surface area contributed by atoms with Crippen LogP contribution in [0, 0.1) is 10.1 Å². The Morgan fingerprint density at radius 1 is 1.38 bits per heavy atom. The number of pyridine rings is 1. The third-order valence-corrected chi connectivity index (χ3v) is 3.58. The molecular weight excluding hydrogens is 340 g/mol. The van der Waals surface area contributed by atoms with Crippen molar-refractivity contribution in [2.75, 3.05) is 7.11 Å². The molecule has 10 nitrogen and oxygen atoms in total. The van der Waals surface area contributed by atoms with Crippen LogP contribution in [0.15, 0.2) is 49.2 Å².